The van der Waals surface area contributed by atoms with Gasteiger partial charge in [-0.05, 0) is 73.5 Å². The highest BCUT2D eigenvalue weighted by atomic mass is 16.5. The molecule has 7 heteroatoms. The number of hydrogen-bond donors (Lipinski definition) is 2. The molecule has 0 saturated heterocycles. The van der Waals surface area contributed by atoms with Crippen molar-refractivity contribution in [2.45, 2.75) is 64.1 Å². The number of aliphatic hydroxyl groups is 1. The molecule has 31 heavy (non-hydrogen) atoms. The molecule has 0 radical (unpaired) electrons. The van der Waals surface area contributed by atoms with Gasteiger partial charge in [0.25, 0.3) is 0 Å². The summed E-state index contributed by atoms with van der Waals surface area (Å²) in [5.74, 6) is 0.319. The largest absolute Gasteiger partial charge is 0.482 e. The lowest BCUT2D eigenvalue weighted by atomic mass is 9.73. The number of benzene rings is 1. The number of ether oxygens (including phenoxy) is 3. The van der Waals surface area contributed by atoms with Crippen molar-refractivity contribution in [3.8, 4) is 5.75 Å². The highest BCUT2D eigenvalue weighted by molar-refractivity contribution is 5.69. The van der Waals surface area contributed by atoms with Crippen molar-refractivity contribution >= 4 is 11.9 Å². The first kappa shape index (κ1) is 23.5. The van der Waals surface area contributed by atoms with Crippen LogP contribution in [0.4, 0.5) is 0 Å². The maximum absolute atomic E-state index is 11.9. The molecule has 172 valence electrons. The van der Waals surface area contributed by atoms with Gasteiger partial charge in [-0.3, -0.25) is 4.79 Å². The summed E-state index contributed by atoms with van der Waals surface area (Å²) in [6, 6.07) is 5.81. The first-order valence-electron chi connectivity index (χ1n) is 11.2. The molecule has 3 rings (SSSR count). The lowest BCUT2D eigenvalue weighted by Gasteiger charge is -2.32. The Morgan fingerprint density at radius 1 is 1.26 bits per heavy atom. The van der Waals surface area contributed by atoms with Crippen LogP contribution < -0.4 is 4.74 Å². The number of carboxylic acid groups (broad SMARTS) is 1. The number of aliphatic carboxylic acids is 1. The highest BCUT2D eigenvalue weighted by Gasteiger charge is 2.45. The molecule has 2 aliphatic carbocycles. The van der Waals surface area contributed by atoms with Crippen molar-refractivity contribution in [3.63, 3.8) is 0 Å². The third-order valence-electron chi connectivity index (χ3n) is 6.78. The minimum absolute atomic E-state index is 0.137. The number of carbonyl (C=O) groups is 2. The Labute approximate surface area is 183 Å². The molecule has 2 N–H and O–H groups in total. The molecular formula is C24H34O7. The van der Waals surface area contributed by atoms with Crippen LogP contribution in [0.3, 0.4) is 0 Å². The van der Waals surface area contributed by atoms with Crippen LogP contribution in [0.1, 0.15) is 50.2 Å². The summed E-state index contributed by atoms with van der Waals surface area (Å²) in [4.78, 5) is 22.8. The molecule has 5 atom stereocenters. The van der Waals surface area contributed by atoms with Crippen LogP contribution >= 0.6 is 0 Å². The van der Waals surface area contributed by atoms with E-state index in [1.165, 1.54) is 5.56 Å². The van der Waals surface area contributed by atoms with E-state index >= 15 is 0 Å². The van der Waals surface area contributed by atoms with Crippen LogP contribution in [-0.2, 0) is 31.9 Å². The first-order valence-corrected chi connectivity index (χ1v) is 11.2. The Kier molecular flexibility index (Phi) is 8.32. The van der Waals surface area contributed by atoms with Crippen LogP contribution in [0, 0.1) is 17.8 Å². The quantitative estimate of drug-likeness (QED) is 0.516. The standard InChI is InChI=1S/C24H34O7/c1-3-17(31-24(28)9-10-29-2)7-8-18-19-11-15-5-4-6-22(30-14-23(26)27)20(15)12-16(19)13-21(18)25/h4-6,16-19,21,25H,3,7-14H2,1-2H3,(H,26,27)/t16-,17-,18+,19-,21+/m0/s1. The molecule has 0 bridgehead atoms. The van der Waals surface area contributed by atoms with Crippen molar-refractivity contribution in [2.24, 2.45) is 17.8 Å². The van der Waals surface area contributed by atoms with Gasteiger partial charge in [0.2, 0.25) is 0 Å². The number of fused-ring (bicyclic) bond motifs is 2. The number of methoxy groups -OCH3 is 1. The van der Waals surface area contributed by atoms with Crippen molar-refractivity contribution < 1.29 is 34.0 Å². The molecule has 1 saturated carbocycles. The summed E-state index contributed by atoms with van der Waals surface area (Å²) in [5, 5.41) is 19.7. The van der Waals surface area contributed by atoms with Crippen molar-refractivity contribution in [2.75, 3.05) is 20.3 Å². The van der Waals surface area contributed by atoms with E-state index < -0.39 is 5.97 Å². The Hall–Kier alpha value is -2.12. The van der Waals surface area contributed by atoms with Gasteiger partial charge in [0.1, 0.15) is 11.9 Å². The summed E-state index contributed by atoms with van der Waals surface area (Å²) >= 11 is 0. The van der Waals surface area contributed by atoms with Gasteiger partial charge in [0.15, 0.2) is 6.61 Å². The number of hydrogen-bond acceptors (Lipinski definition) is 6. The van der Waals surface area contributed by atoms with E-state index in [9.17, 15) is 14.7 Å². The van der Waals surface area contributed by atoms with Gasteiger partial charge in [-0.25, -0.2) is 4.79 Å². The molecule has 0 aliphatic heterocycles. The van der Waals surface area contributed by atoms with E-state index in [0.29, 0.717) is 24.2 Å². The smallest absolute Gasteiger partial charge is 0.341 e. The van der Waals surface area contributed by atoms with Gasteiger partial charge in [-0.15, -0.1) is 0 Å². The van der Waals surface area contributed by atoms with Crippen LogP contribution in [0.25, 0.3) is 0 Å². The summed E-state index contributed by atoms with van der Waals surface area (Å²) < 4.78 is 16.0. The fourth-order valence-corrected chi connectivity index (χ4v) is 5.23. The summed E-state index contributed by atoms with van der Waals surface area (Å²) in [6.45, 7) is 2.02. The zero-order valence-corrected chi connectivity index (χ0v) is 18.4. The van der Waals surface area contributed by atoms with E-state index in [4.69, 9.17) is 19.3 Å². The second kappa shape index (κ2) is 11.0. The zero-order chi connectivity index (χ0) is 22.4. The zero-order valence-electron chi connectivity index (χ0n) is 18.4. The molecule has 7 nitrogen and oxygen atoms in total. The van der Waals surface area contributed by atoms with E-state index in [0.717, 1.165) is 44.1 Å². The molecule has 2 aliphatic rings. The molecule has 1 aromatic carbocycles. The average Bonchev–Trinajstić information content (AvgIpc) is 3.05. The third-order valence-corrected chi connectivity index (χ3v) is 6.78. The molecule has 0 unspecified atom stereocenters. The first-order chi connectivity index (χ1) is 14.9. The fraction of sp³-hybridized carbons (Fsp3) is 0.667. The van der Waals surface area contributed by atoms with Crippen LogP contribution in [0.2, 0.25) is 0 Å². The fourth-order valence-electron chi connectivity index (χ4n) is 5.23. The Bertz CT molecular complexity index is 762. The highest BCUT2D eigenvalue weighted by Crippen LogP contribution is 2.48. The summed E-state index contributed by atoms with van der Waals surface area (Å²) in [7, 11) is 1.56. The molecule has 0 amide bonds. The molecule has 0 spiro atoms. The second-order valence-corrected chi connectivity index (χ2v) is 8.72. The average molecular weight is 435 g/mol. The maximum atomic E-state index is 11.9. The van der Waals surface area contributed by atoms with Gasteiger partial charge in [-0.1, -0.05) is 19.1 Å². The maximum Gasteiger partial charge on any atom is 0.341 e. The van der Waals surface area contributed by atoms with E-state index in [2.05, 4.69) is 6.07 Å². The van der Waals surface area contributed by atoms with Crippen LogP contribution in [-0.4, -0.2) is 54.7 Å². The van der Waals surface area contributed by atoms with E-state index in [1.54, 1.807) is 7.11 Å². The monoisotopic (exact) mass is 434 g/mol. The predicted molar refractivity (Wildman–Crippen MR) is 114 cm³/mol. The Morgan fingerprint density at radius 2 is 2.06 bits per heavy atom. The molecule has 0 heterocycles. The van der Waals surface area contributed by atoms with Gasteiger partial charge in [0, 0.05) is 7.11 Å². The minimum Gasteiger partial charge on any atom is -0.482 e. The molecule has 1 fully saturated rings. The van der Waals surface area contributed by atoms with Crippen molar-refractivity contribution in [3.05, 3.63) is 29.3 Å². The van der Waals surface area contributed by atoms with Gasteiger partial charge in [0.05, 0.1) is 19.1 Å². The number of aliphatic hydroxyl groups excluding tert-OH is 1. The normalized spacial score (nSPS) is 25.4. The van der Waals surface area contributed by atoms with Crippen molar-refractivity contribution in [1.29, 1.82) is 0 Å². The lowest BCUT2D eigenvalue weighted by Crippen LogP contribution is -2.28. The topological polar surface area (TPSA) is 102 Å². The Balaban J connectivity index is 1.62. The number of carbonyl (C=O) groups excluding carboxylic acids is 1. The summed E-state index contributed by atoms with van der Waals surface area (Å²) in [5.41, 5.74) is 2.26. The third kappa shape index (κ3) is 5.98. The predicted octanol–water partition coefficient (Wildman–Crippen LogP) is 3.00. The van der Waals surface area contributed by atoms with Crippen LogP contribution in [0.5, 0.6) is 5.75 Å². The number of rotatable bonds is 11. The molecular weight excluding hydrogens is 400 g/mol. The van der Waals surface area contributed by atoms with E-state index in [-0.39, 0.29) is 37.1 Å². The van der Waals surface area contributed by atoms with Crippen LogP contribution in [0.15, 0.2) is 18.2 Å². The summed E-state index contributed by atoms with van der Waals surface area (Å²) in [6.07, 6.45) is 4.47. The molecule has 1 aromatic rings. The lowest BCUT2D eigenvalue weighted by molar-refractivity contribution is -0.150. The second-order valence-electron chi connectivity index (χ2n) is 8.72. The number of esters is 1. The molecule has 0 aromatic heterocycles. The SMILES string of the molecule is CC[C@@H](CC[C@@H]1[C@H]2Cc3cccc(OCC(=O)O)c3C[C@H]2C[C@H]1O)OC(=O)CCOC. The van der Waals surface area contributed by atoms with Gasteiger partial charge in [-0.2, -0.15) is 0 Å². The van der Waals surface area contributed by atoms with Crippen molar-refractivity contribution in [1.82, 2.24) is 0 Å². The Morgan fingerprint density at radius 3 is 2.77 bits per heavy atom. The van der Waals surface area contributed by atoms with E-state index in [1.807, 2.05) is 19.1 Å². The minimum atomic E-state index is -0.990. The van der Waals surface area contributed by atoms with Gasteiger partial charge < -0.3 is 24.4 Å². The van der Waals surface area contributed by atoms with Gasteiger partial charge >= 0.3 is 11.9 Å². The number of carboxylic acids is 1.